The summed E-state index contributed by atoms with van der Waals surface area (Å²) in [5.41, 5.74) is 4.73. The van der Waals surface area contributed by atoms with E-state index in [9.17, 15) is 0 Å². The topological polar surface area (TPSA) is 43.2 Å². The Balaban J connectivity index is 1.72. The van der Waals surface area contributed by atoms with Crippen LogP contribution in [0, 0.1) is 6.92 Å². The predicted molar refractivity (Wildman–Crippen MR) is 98.5 cm³/mol. The summed E-state index contributed by atoms with van der Waals surface area (Å²) in [6.07, 6.45) is 5.60. The summed E-state index contributed by atoms with van der Waals surface area (Å²) in [5, 5.41) is 4.29. The number of nitrogens with zero attached hydrogens (tertiary/aromatic N) is 4. The summed E-state index contributed by atoms with van der Waals surface area (Å²) in [6.45, 7) is 4.48. The molecule has 3 aromatic rings. The number of pyridine rings is 1. The van der Waals surface area contributed by atoms with E-state index in [0.717, 1.165) is 30.1 Å². The van der Waals surface area contributed by atoms with E-state index in [1.54, 1.807) is 13.3 Å². The first kappa shape index (κ1) is 17.2. The minimum atomic E-state index is 0.701. The molecule has 2 aromatic heterocycles. The predicted octanol–water partition coefficient (Wildman–Crippen LogP) is 3.28. The van der Waals surface area contributed by atoms with Crippen LogP contribution < -0.4 is 4.74 Å². The summed E-state index contributed by atoms with van der Waals surface area (Å²) in [5.74, 6) is 0.891. The van der Waals surface area contributed by atoms with Crippen LogP contribution in [0.1, 0.15) is 22.4 Å². The molecule has 0 aliphatic heterocycles. The molecule has 0 N–H and O–H groups in total. The zero-order chi connectivity index (χ0) is 17.6. The van der Waals surface area contributed by atoms with Crippen LogP contribution in [0.25, 0.3) is 0 Å². The van der Waals surface area contributed by atoms with E-state index in [1.807, 2.05) is 35.3 Å². The second-order valence-electron chi connectivity index (χ2n) is 6.29. The molecule has 0 bridgehead atoms. The minimum absolute atomic E-state index is 0.701. The summed E-state index contributed by atoms with van der Waals surface area (Å²) in [4.78, 5) is 6.75. The van der Waals surface area contributed by atoms with Gasteiger partial charge in [0, 0.05) is 37.2 Å². The first-order chi connectivity index (χ1) is 12.2. The molecule has 0 saturated carbocycles. The van der Waals surface area contributed by atoms with Crippen molar-refractivity contribution in [2.75, 3.05) is 14.2 Å². The van der Waals surface area contributed by atoms with E-state index < -0.39 is 0 Å². The van der Waals surface area contributed by atoms with E-state index in [-0.39, 0.29) is 0 Å². The highest BCUT2D eigenvalue weighted by Crippen LogP contribution is 2.22. The van der Waals surface area contributed by atoms with E-state index in [0.29, 0.717) is 6.54 Å². The van der Waals surface area contributed by atoms with E-state index in [2.05, 4.69) is 47.2 Å². The highest BCUT2D eigenvalue weighted by molar-refractivity contribution is 5.37. The Morgan fingerprint density at radius 3 is 2.72 bits per heavy atom. The van der Waals surface area contributed by atoms with Gasteiger partial charge in [0.15, 0.2) is 0 Å². The highest BCUT2D eigenvalue weighted by Gasteiger charge is 2.09. The Morgan fingerprint density at radius 2 is 2.00 bits per heavy atom. The third-order valence-electron chi connectivity index (χ3n) is 4.23. The van der Waals surface area contributed by atoms with Crippen LogP contribution in [0.2, 0.25) is 0 Å². The van der Waals surface area contributed by atoms with Crippen molar-refractivity contribution in [2.45, 2.75) is 26.6 Å². The van der Waals surface area contributed by atoms with Crippen LogP contribution in [0.4, 0.5) is 0 Å². The molecule has 5 nitrogen and oxygen atoms in total. The van der Waals surface area contributed by atoms with Gasteiger partial charge in [0.2, 0.25) is 0 Å². The first-order valence-electron chi connectivity index (χ1n) is 8.38. The van der Waals surface area contributed by atoms with E-state index in [1.165, 1.54) is 11.1 Å². The second kappa shape index (κ2) is 7.94. The number of aryl methyl sites for hydroxylation is 1. The van der Waals surface area contributed by atoms with Gasteiger partial charge in [-0.15, -0.1) is 0 Å². The lowest BCUT2D eigenvalue weighted by Crippen LogP contribution is -2.19. The molecule has 2 heterocycles. The average Bonchev–Trinajstić information content (AvgIpc) is 3.10. The summed E-state index contributed by atoms with van der Waals surface area (Å²) in [7, 11) is 3.82. The first-order valence-corrected chi connectivity index (χ1v) is 8.38. The molecular weight excluding hydrogens is 312 g/mol. The SMILES string of the molecule is COc1ccc(CN(C)Cc2ncccc2C)cc1Cn1cccn1. The van der Waals surface area contributed by atoms with Crippen molar-refractivity contribution in [3.05, 3.63) is 77.4 Å². The molecule has 3 rings (SSSR count). The maximum atomic E-state index is 5.50. The standard InChI is InChI=1S/C20H24N4O/c1-16-6-4-9-21-19(16)15-23(2)13-17-7-8-20(25-3)18(12-17)14-24-11-5-10-22-24/h4-12H,13-15H2,1-3H3. The summed E-state index contributed by atoms with van der Waals surface area (Å²) >= 11 is 0. The molecule has 0 unspecified atom stereocenters. The molecular formula is C20H24N4O. The number of aromatic nitrogens is 3. The molecule has 0 spiro atoms. The van der Waals surface area contributed by atoms with Crippen molar-refractivity contribution >= 4 is 0 Å². The quantitative estimate of drug-likeness (QED) is 0.664. The van der Waals surface area contributed by atoms with Crippen LogP contribution in [-0.2, 0) is 19.6 Å². The Bertz CT molecular complexity index is 814. The maximum absolute atomic E-state index is 5.50. The van der Waals surface area contributed by atoms with Crippen LogP contribution in [0.15, 0.2) is 55.0 Å². The molecule has 0 atom stereocenters. The number of hydrogen-bond donors (Lipinski definition) is 0. The molecule has 0 amide bonds. The zero-order valence-electron chi connectivity index (χ0n) is 15.0. The van der Waals surface area contributed by atoms with Crippen molar-refractivity contribution in [1.82, 2.24) is 19.7 Å². The fourth-order valence-electron chi connectivity index (χ4n) is 2.93. The second-order valence-corrected chi connectivity index (χ2v) is 6.29. The molecule has 5 heteroatoms. The monoisotopic (exact) mass is 336 g/mol. The molecule has 0 radical (unpaired) electrons. The van der Waals surface area contributed by atoms with Crippen molar-refractivity contribution in [3.63, 3.8) is 0 Å². The zero-order valence-corrected chi connectivity index (χ0v) is 15.0. The van der Waals surface area contributed by atoms with Gasteiger partial charge in [-0.3, -0.25) is 14.6 Å². The van der Waals surface area contributed by atoms with Crippen molar-refractivity contribution in [3.8, 4) is 5.75 Å². The average molecular weight is 336 g/mol. The number of benzene rings is 1. The third-order valence-corrected chi connectivity index (χ3v) is 4.23. The molecule has 0 aliphatic rings. The van der Waals surface area contributed by atoms with Gasteiger partial charge in [0.1, 0.15) is 5.75 Å². The van der Waals surface area contributed by atoms with Crippen LogP contribution in [-0.4, -0.2) is 33.8 Å². The molecule has 0 saturated heterocycles. The van der Waals surface area contributed by atoms with Gasteiger partial charge in [-0.05, 0) is 49.4 Å². The Kier molecular flexibility index (Phi) is 5.46. The Morgan fingerprint density at radius 1 is 1.12 bits per heavy atom. The van der Waals surface area contributed by atoms with Gasteiger partial charge >= 0.3 is 0 Å². The van der Waals surface area contributed by atoms with E-state index in [4.69, 9.17) is 4.74 Å². The molecule has 0 fully saturated rings. The van der Waals surface area contributed by atoms with Crippen molar-refractivity contribution in [1.29, 1.82) is 0 Å². The fraction of sp³-hybridized carbons (Fsp3) is 0.300. The van der Waals surface area contributed by atoms with Gasteiger partial charge in [-0.2, -0.15) is 5.10 Å². The summed E-state index contributed by atoms with van der Waals surface area (Å²) in [6, 6.07) is 12.4. The van der Waals surface area contributed by atoms with Gasteiger partial charge in [-0.1, -0.05) is 12.1 Å². The largest absolute Gasteiger partial charge is 0.496 e. The number of methoxy groups -OCH3 is 1. The highest BCUT2D eigenvalue weighted by atomic mass is 16.5. The van der Waals surface area contributed by atoms with E-state index >= 15 is 0 Å². The van der Waals surface area contributed by atoms with Gasteiger partial charge < -0.3 is 4.74 Å². The summed E-state index contributed by atoms with van der Waals surface area (Å²) < 4.78 is 7.41. The minimum Gasteiger partial charge on any atom is -0.496 e. The van der Waals surface area contributed by atoms with Crippen LogP contribution >= 0.6 is 0 Å². The number of rotatable bonds is 7. The Hall–Kier alpha value is -2.66. The van der Waals surface area contributed by atoms with Crippen LogP contribution in [0.3, 0.4) is 0 Å². The van der Waals surface area contributed by atoms with Gasteiger partial charge in [0.05, 0.1) is 19.3 Å². The number of ether oxygens (including phenoxy) is 1. The lowest BCUT2D eigenvalue weighted by atomic mass is 10.1. The smallest absolute Gasteiger partial charge is 0.123 e. The fourth-order valence-corrected chi connectivity index (χ4v) is 2.93. The Labute approximate surface area is 148 Å². The molecule has 1 aromatic carbocycles. The normalized spacial score (nSPS) is 11.0. The van der Waals surface area contributed by atoms with Crippen LogP contribution in [0.5, 0.6) is 5.75 Å². The van der Waals surface area contributed by atoms with Crippen molar-refractivity contribution < 1.29 is 4.74 Å². The number of hydrogen-bond acceptors (Lipinski definition) is 4. The third kappa shape index (κ3) is 4.45. The van der Waals surface area contributed by atoms with Crippen molar-refractivity contribution in [2.24, 2.45) is 0 Å². The van der Waals surface area contributed by atoms with Gasteiger partial charge in [-0.25, -0.2) is 0 Å². The maximum Gasteiger partial charge on any atom is 0.123 e. The molecule has 130 valence electrons. The lowest BCUT2D eigenvalue weighted by molar-refractivity contribution is 0.314. The molecule has 25 heavy (non-hydrogen) atoms. The molecule has 0 aliphatic carbocycles. The lowest BCUT2D eigenvalue weighted by Gasteiger charge is -2.18. The van der Waals surface area contributed by atoms with Gasteiger partial charge in [0.25, 0.3) is 0 Å².